The van der Waals surface area contributed by atoms with Crippen molar-refractivity contribution in [2.24, 2.45) is 5.92 Å². The lowest BCUT2D eigenvalue weighted by atomic mass is 9.87. The van der Waals surface area contributed by atoms with E-state index in [-0.39, 0.29) is 54.4 Å². The molecular weight excluding hydrogens is 787 g/mol. The first-order valence-corrected chi connectivity index (χ1v) is 19.0. The number of carbonyl (C=O) groups is 2. The number of aromatic nitrogens is 2. The summed E-state index contributed by atoms with van der Waals surface area (Å²) in [5.41, 5.74) is -3.96. The maximum absolute atomic E-state index is 14.3. The number of anilines is 3. The number of benzene rings is 2. The van der Waals surface area contributed by atoms with Gasteiger partial charge in [0.2, 0.25) is 11.9 Å². The average Bonchev–Trinajstić information content (AvgIpc) is 3.18. The minimum atomic E-state index is -5.15. The number of aliphatic carboxylic acids is 1. The van der Waals surface area contributed by atoms with Crippen LogP contribution >= 0.6 is 0 Å². The smallest absolute Gasteiger partial charge is 0.416 e. The fourth-order valence-electron chi connectivity index (χ4n) is 8.00. The molecule has 0 spiro atoms. The molecule has 316 valence electrons. The average molecular weight is 831 g/mol. The molecule has 2 saturated heterocycles. The van der Waals surface area contributed by atoms with Crippen molar-refractivity contribution in [2.45, 2.75) is 82.6 Å². The number of carboxylic acid groups (broad SMARTS) is 1. The van der Waals surface area contributed by atoms with E-state index >= 15 is 0 Å². The Morgan fingerprint density at radius 1 is 0.845 bits per heavy atom. The monoisotopic (exact) mass is 830 g/mol. The van der Waals surface area contributed by atoms with Gasteiger partial charge in [-0.3, -0.25) is 9.59 Å². The number of alkyl halides is 9. The Kier molecular flexibility index (Phi) is 12.8. The molecule has 19 heteroatoms. The number of piperidine rings is 1. The van der Waals surface area contributed by atoms with Crippen LogP contribution in [0.3, 0.4) is 0 Å². The Hall–Kier alpha value is -4.65. The predicted molar refractivity (Wildman–Crippen MR) is 194 cm³/mol. The molecular formula is C39H43F9N6O4. The largest absolute Gasteiger partial charge is 0.481 e. The highest BCUT2D eigenvalue weighted by Gasteiger charge is 2.42. The number of hydrogen-bond donors (Lipinski definition) is 1. The van der Waals surface area contributed by atoms with E-state index in [0.717, 1.165) is 12.1 Å². The summed E-state index contributed by atoms with van der Waals surface area (Å²) in [5, 5.41) is 9.15. The van der Waals surface area contributed by atoms with E-state index in [0.29, 0.717) is 83.0 Å². The first-order chi connectivity index (χ1) is 27.3. The van der Waals surface area contributed by atoms with Crippen molar-refractivity contribution in [2.75, 3.05) is 60.6 Å². The third kappa shape index (κ3) is 10.1. The molecule has 0 unspecified atom stereocenters. The summed E-state index contributed by atoms with van der Waals surface area (Å²) in [5.74, 6) is -1.41. The van der Waals surface area contributed by atoms with Crippen molar-refractivity contribution >= 4 is 29.2 Å². The van der Waals surface area contributed by atoms with Gasteiger partial charge in [0.15, 0.2) is 0 Å². The molecule has 10 nitrogen and oxygen atoms in total. The third-order valence-corrected chi connectivity index (χ3v) is 11.0. The van der Waals surface area contributed by atoms with E-state index in [1.807, 2.05) is 9.80 Å². The normalized spacial score (nSPS) is 19.9. The quantitative estimate of drug-likeness (QED) is 0.192. The molecule has 2 fully saturated rings. The van der Waals surface area contributed by atoms with Gasteiger partial charge in [0.25, 0.3) is 0 Å². The van der Waals surface area contributed by atoms with E-state index in [2.05, 4.69) is 9.97 Å². The maximum atomic E-state index is 14.3. The Morgan fingerprint density at radius 2 is 1.45 bits per heavy atom. The number of likely N-dealkylation sites (tertiary alicyclic amines) is 1. The highest BCUT2D eigenvalue weighted by Crippen LogP contribution is 2.46. The Morgan fingerprint density at radius 3 is 2.00 bits per heavy atom. The first kappa shape index (κ1) is 42.9. The molecule has 3 aliphatic rings. The van der Waals surface area contributed by atoms with Crippen LogP contribution in [-0.2, 0) is 39.4 Å². The van der Waals surface area contributed by atoms with Crippen molar-refractivity contribution in [3.63, 3.8) is 0 Å². The minimum absolute atomic E-state index is 0.00185. The van der Waals surface area contributed by atoms with Crippen LogP contribution in [0.1, 0.15) is 79.3 Å². The Labute approximate surface area is 328 Å². The van der Waals surface area contributed by atoms with E-state index in [9.17, 15) is 49.1 Å². The molecule has 4 heterocycles. The van der Waals surface area contributed by atoms with Crippen molar-refractivity contribution in [3.8, 4) is 0 Å². The Bertz CT molecular complexity index is 1880. The number of ether oxygens (including phenoxy) is 1. The Balaban J connectivity index is 1.40. The van der Waals surface area contributed by atoms with Gasteiger partial charge in [-0.1, -0.05) is 6.92 Å². The summed E-state index contributed by atoms with van der Waals surface area (Å²) in [4.78, 5) is 40.9. The third-order valence-electron chi connectivity index (χ3n) is 11.0. The van der Waals surface area contributed by atoms with E-state index < -0.39 is 65.4 Å². The van der Waals surface area contributed by atoms with Gasteiger partial charge in [-0.2, -0.15) is 39.5 Å². The molecule has 0 bridgehead atoms. The first-order valence-electron chi connectivity index (χ1n) is 19.0. The molecule has 0 saturated carbocycles. The fraction of sp³-hybridized carbons (Fsp3) is 0.538. The second-order valence-corrected chi connectivity index (χ2v) is 14.9. The van der Waals surface area contributed by atoms with Crippen molar-refractivity contribution in [3.05, 3.63) is 76.6 Å². The molecule has 0 aliphatic carbocycles. The zero-order chi connectivity index (χ0) is 42.0. The lowest BCUT2D eigenvalue weighted by Gasteiger charge is -2.45. The summed E-state index contributed by atoms with van der Waals surface area (Å²) in [6, 6.07) is 2.22. The summed E-state index contributed by atoms with van der Waals surface area (Å²) in [6.07, 6.45) is -10.7. The molecule has 1 amide bonds. The second kappa shape index (κ2) is 17.3. The number of carbonyl (C=O) groups excluding carboxylic acids is 1. The predicted octanol–water partition coefficient (Wildman–Crippen LogP) is 8.21. The molecule has 3 aliphatic heterocycles. The summed E-state index contributed by atoms with van der Waals surface area (Å²) in [6.45, 7) is 4.40. The van der Waals surface area contributed by atoms with Gasteiger partial charge in [-0.25, -0.2) is 9.97 Å². The highest BCUT2D eigenvalue weighted by atomic mass is 19.4. The minimum Gasteiger partial charge on any atom is -0.481 e. The van der Waals surface area contributed by atoms with Gasteiger partial charge in [-0.15, -0.1) is 0 Å². The SMILES string of the molecule is CC[C@@H]1C[C@H](N(Cc2cc(C(F)(F)F)cc(C(F)(F)F)c2)c2ncc(N3CCOCC3)cn2)c2cc(C(F)(F)F)ccc2N1C(=O)CCN1CCC(CC(=O)O)CC1. The zero-order valence-electron chi connectivity index (χ0n) is 31.5. The van der Waals surface area contributed by atoms with Crippen molar-refractivity contribution < 1.29 is 58.9 Å². The van der Waals surface area contributed by atoms with E-state index in [1.54, 1.807) is 6.92 Å². The number of hydrogen-bond acceptors (Lipinski definition) is 8. The van der Waals surface area contributed by atoms with Crippen LogP contribution in [0.15, 0.2) is 48.8 Å². The molecule has 0 radical (unpaired) electrons. The van der Waals surface area contributed by atoms with Crippen molar-refractivity contribution in [1.82, 2.24) is 14.9 Å². The number of halogens is 9. The maximum Gasteiger partial charge on any atom is 0.416 e. The lowest BCUT2D eigenvalue weighted by molar-refractivity contribution is -0.143. The summed E-state index contributed by atoms with van der Waals surface area (Å²) in [7, 11) is 0. The molecule has 58 heavy (non-hydrogen) atoms. The van der Waals surface area contributed by atoms with Crippen LogP contribution in [-0.4, -0.2) is 83.8 Å². The number of nitrogens with zero attached hydrogens (tertiary/aromatic N) is 6. The van der Waals surface area contributed by atoms with Gasteiger partial charge in [-0.05, 0) is 92.2 Å². The van der Waals surface area contributed by atoms with Crippen LogP contribution in [0, 0.1) is 5.92 Å². The van der Waals surface area contributed by atoms with Gasteiger partial charge in [0.1, 0.15) is 0 Å². The van der Waals surface area contributed by atoms with Crippen LogP contribution in [0.2, 0.25) is 0 Å². The topological polar surface area (TPSA) is 102 Å². The zero-order valence-corrected chi connectivity index (χ0v) is 31.5. The van der Waals surface area contributed by atoms with Gasteiger partial charge in [0.05, 0.1) is 54.0 Å². The molecule has 2 aromatic carbocycles. The lowest BCUT2D eigenvalue weighted by Crippen LogP contribution is -2.48. The van der Waals surface area contributed by atoms with Crippen LogP contribution in [0.5, 0.6) is 0 Å². The van der Waals surface area contributed by atoms with E-state index in [1.165, 1.54) is 28.3 Å². The number of rotatable bonds is 11. The van der Waals surface area contributed by atoms with Crippen molar-refractivity contribution in [1.29, 1.82) is 0 Å². The summed E-state index contributed by atoms with van der Waals surface area (Å²) < 4.78 is 132. The van der Waals surface area contributed by atoms with Crippen LogP contribution in [0.25, 0.3) is 0 Å². The highest BCUT2D eigenvalue weighted by molar-refractivity contribution is 5.95. The molecule has 1 N–H and O–H groups in total. The second-order valence-electron chi connectivity index (χ2n) is 14.9. The standard InChI is InChI=1S/C39H43F9N6O4/c1-2-29-20-33(31-19-26(37(40,41)42)3-4-32(31)54(29)34(55)7-10-51-8-5-24(6-9-51)17-35(56)57)53(36-49-21-30(22-50-36)52-11-13-58-14-12-52)23-25-15-27(38(43,44)45)18-28(16-25)39(46,47)48/h3-4,15-16,18-19,21-22,24,29,33H,2,5-14,17,20,23H2,1H3,(H,56,57)/t29-,33+/m1/s1. The summed E-state index contributed by atoms with van der Waals surface area (Å²) >= 11 is 0. The molecule has 3 aromatic rings. The van der Waals surface area contributed by atoms with E-state index in [4.69, 9.17) is 9.84 Å². The number of morpholine rings is 1. The number of amides is 1. The number of carboxylic acids is 1. The molecule has 6 rings (SSSR count). The molecule has 2 atom stereocenters. The van der Waals surface area contributed by atoms with Gasteiger partial charge < -0.3 is 29.4 Å². The van der Waals surface area contributed by atoms with Gasteiger partial charge >= 0.3 is 24.5 Å². The number of fused-ring (bicyclic) bond motifs is 1. The van der Waals surface area contributed by atoms with Crippen LogP contribution < -0.4 is 14.7 Å². The molecule has 1 aromatic heterocycles. The fourth-order valence-corrected chi connectivity index (χ4v) is 8.00. The van der Waals surface area contributed by atoms with Crippen LogP contribution in [0.4, 0.5) is 56.8 Å². The van der Waals surface area contributed by atoms with Gasteiger partial charge in [0, 0.05) is 50.7 Å².